The minimum absolute atomic E-state index is 0.363. The second kappa shape index (κ2) is 6.78. The van der Waals surface area contributed by atoms with Gasteiger partial charge in [0.1, 0.15) is 5.82 Å². The Morgan fingerprint density at radius 2 is 2.19 bits per heavy atom. The van der Waals surface area contributed by atoms with Crippen molar-refractivity contribution in [1.82, 2.24) is 10.3 Å². The quantitative estimate of drug-likeness (QED) is 0.887. The molecule has 2 unspecified atom stereocenters. The highest BCUT2D eigenvalue weighted by Gasteiger charge is 2.33. The summed E-state index contributed by atoms with van der Waals surface area (Å²) < 4.78 is 0. The van der Waals surface area contributed by atoms with Crippen molar-refractivity contribution in [3.63, 3.8) is 0 Å². The van der Waals surface area contributed by atoms with Crippen LogP contribution in [0.1, 0.15) is 59.1 Å². The number of hydrogen-bond acceptors (Lipinski definition) is 3. The number of nitrogens with zero attached hydrogens (tertiary/aromatic N) is 2. The maximum atomic E-state index is 4.69. The lowest BCUT2D eigenvalue weighted by molar-refractivity contribution is 0.263. The van der Waals surface area contributed by atoms with Gasteiger partial charge in [0.2, 0.25) is 0 Å². The SMILES string of the molecule is CCCNC(C)c1cccnc1N1CCC(C(C)(C)C)C1. The number of hydrogen-bond donors (Lipinski definition) is 1. The van der Waals surface area contributed by atoms with Crippen molar-refractivity contribution in [1.29, 1.82) is 0 Å². The van der Waals surface area contributed by atoms with Crippen LogP contribution in [0.3, 0.4) is 0 Å². The summed E-state index contributed by atoms with van der Waals surface area (Å²) in [5.41, 5.74) is 1.72. The molecule has 0 amide bonds. The van der Waals surface area contributed by atoms with Crippen LogP contribution in [0, 0.1) is 11.3 Å². The number of pyridine rings is 1. The lowest BCUT2D eigenvalue weighted by atomic mass is 9.80. The molecule has 2 atom stereocenters. The summed E-state index contributed by atoms with van der Waals surface area (Å²) in [7, 11) is 0. The monoisotopic (exact) mass is 289 g/mol. The lowest BCUT2D eigenvalue weighted by Gasteiger charge is -2.28. The largest absolute Gasteiger partial charge is 0.356 e. The first-order valence-electron chi connectivity index (χ1n) is 8.36. The zero-order valence-corrected chi connectivity index (χ0v) is 14.3. The van der Waals surface area contributed by atoms with Crippen LogP contribution in [0.15, 0.2) is 18.3 Å². The van der Waals surface area contributed by atoms with Gasteiger partial charge in [0.05, 0.1) is 0 Å². The average Bonchev–Trinajstić information content (AvgIpc) is 2.94. The predicted octanol–water partition coefficient (Wildman–Crippen LogP) is 4.01. The van der Waals surface area contributed by atoms with E-state index in [2.05, 4.69) is 57.0 Å². The summed E-state index contributed by atoms with van der Waals surface area (Å²) in [6.07, 6.45) is 4.36. The zero-order chi connectivity index (χ0) is 15.5. The van der Waals surface area contributed by atoms with Crippen molar-refractivity contribution in [3.8, 4) is 0 Å². The summed E-state index contributed by atoms with van der Waals surface area (Å²) in [5.74, 6) is 1.94. The Morgan fingerprint density at radius 3 is 2.81 bits per heavy atom. The van der Waals surface area contributed by atoms with Crippen molar-refractivity contribution in [2.75, 3.05) is 24.5 Å². The van der Waals surface area contributed by atoms with Crippen LogP contribution in [0.4, 0.5) is 5.82 Å². The fraction of sp³-hybridized carbons (Fsp3) is 0.722. The molecule has 3 nitrogen and oxygen atoms in total. The van der Waals surface area contributed by atoms with Crippen molar-refractivity contribution < 1.29 is 0 Å². The molecule has 0 spiro atoms. The van der Waals surface area contributed by atoms with Gasteiger partial charge in [-0.1, -0.05) is 33.8 Å². The summed E-state index contributed by atoms with van der Waals surface area (Å²) in [5, 5.41) is 3.59. The predicted molar refractivity (Wildman–Crippen MR) is 90.7 cm³/mol. The van der Waals surface area contributed by atoms with E-state index in [1.165, 1.54) is 17.8 Å². The summed E-state index contributed by atoms with van der Waals surface area (Å²) in [6.45, 7) is 14.8. The minimum Gasteiger partial charge on any atom is -0.356 e. The topological polar surface area (TPSA) is 28.2 Å². The molecule has 1 aromatic rings. The Labute approximate surface area is 130 Å². The van der Waals surface area contributed by atoms with Crippen LogP contribution in [0.2, 0.25) is 0 Å². The molecule has 0 bridgehead atoms. The first kappa shape index (κ1) is 16.3. The van der Waals surface area contributed by atoms with Crippen molar-refractivity contribution in [3.05, 3.63) is 23.9 Å². The van der Waals surface area contributed by atoms with Crippen LogP contribution in [-0.2, 0) is 0 Å². The first-order valence-corrected chi connectivity index (χ1v) is 8.36. The van der Waals surface area contributed by atoms with Gasteiger partial charge in [-0.2, -0.15) is 0 Å². The van der Waals surface area contributed by atoms with E-state index in [1.54, 1.807) is 0 Å². The molecule has 1 aromatic heterocycles. The molecule has 1 saturated heterocycles. The third-order valence-electron chi connectivity index (χ3n) is 4.70. The number of anilines is 1. The molecular formula is C18H31N3. The molecule has 21 heavy (non-hydrogen) atoms. The van der Waals surface area contributed by atoms with Gasteiger partial charge < -0.3 is 10.2 Å². The molecule has 1 fully saturated rings. The lowest BCUT2D eigenvalue weighted by Crippen LogP contribution is -2.28. The van der Waals surface area contributed by atoms with Gasteiger partial charge in [-0.3, -0.25) is 0 Å². The highest BCUT2D eigenvalue weighted by molar-refractivity contribution is 5.49. The fourth-order valence-electron chi connectivity index (χ4n) is 3.14. The van der Waals surface area contributed by atoms with Gasteiger partial charge >= 0.3 is 0 Å². The third kappa shape index (κ3) is 3.97. The Hall–Kier alpha value is -1.09. The highest BCUT2D eigenvalue weighted by Crippen LogP contribution is 2.36. The van der Waals surface area contributed by atoms with Crippen LogP contribution in [0.25, 0.3) is 0 Å². The zero-order valence-electron chi connectivity index (χ0n) is 14.3. The summed E-state index contributed by atoms with van der Waals surface area (Å²) in [6, 6.07) is 4.64. The Morgan fingerprint density at radius 1 is 1.43 bits per heavy atom. The number of aromatic nitrogens is 1. The van der Waals surface area contributed by atoms with Crippen molar-refractivity contribution in [2.45, 2.75) is 53.5 Å². The van der Waals surface area contributed by atoms with E-state index in [9.17, 15) is 0 Å². The molecule has 3 heteroatoms. The first-order chi connectivity index (χ1) is 9.93. The van der Waals surface area contributed by atoms with E-state index < -0.39 is 0 Å². The van der Waals surface area contributed by atoms with E-state index in [-0.39, 0.29) is 0 Å². The summed E-state index contributed by atoms with van der Waals surface area (Å²) in [4.78, 5) is 7.17. The maximum absolute atomic E-state index is 4.69. The number of nitrogens with one attached hydrogen (secondary N) is 1. The maximum Gasteiger partial charge on any atom is 0.133 e. The van der Waals surface area contributed by atoms with Crippen molar-refractivity contribution >= 4 is 5.82 Å². The third-order valence-corrected chi connectivity index (χ3v) is 4.70. The highest BCUT2D eigenvalue weighted by atomic mass is 15.2. The Kier molecular flexibility index (Phi) is 5.26. The van der Waals surface area contributed by atoms with Gasteiger partial charge in [0.25, 0.3) is 0 Å². The second-order valence-electron chi connectivity index (χ2n) is 7.39. The van der Waals surface area contributed by atoms with E-state index in [0.29, 0.717) is 11.5 Å². The van der Waals surface area contributed by atoms with Gasteiger partial charge in [0.15, 0.2) is 0 Å². The van der Waals surface area contributed by atoms with Crippen molar-refractivity contribution in [2.24, 2.45) is 11.3 Å². The molecule has 2 rings (SSSR count). The normalized spacial score (nSPS) is 20.8. The van der Waals surface area contributed by atoms with E-state index in [0.717, 1.165) is 32.0 Å². The average molecular weight is 289 g/mol. The van der Waals surface area contributed by atoms with Crippen LogP contribution in [-0.4, -0.2) is 24.6 Å². The smallest absolute Gasteiger partial charge is 0.133 e. The van der Waals surface area contributed by atoms with E-state index >= 15 is 0 Å². The van der Waals surface area contributed by atoms with Gasteiger partial charge in [-0.15, -0.1) is 0 Å². The molecule has 1 aliphatic heterocycles. The molecule has 1 N–H and O–H groups in total. The molecular weight excluding hydrogens is 258 g/mol. The molecule has 0 aliphatic carbocycles. The second-order valence-corrected chi connectivity index (χ2v) is 7.39. The van der Waals surface area contributed by atoms with Crippen LogP contribution in [0.5, 0.6) is 0 Å². The van der Waals surface area contributed by atoms with Gasteiger partial charge in [-0.25, -0.2) is 4.98 Å². The standard InChI is InChI=1S/C18H31N3/c1-6-10-19-14(2)16-8-7-11-20-17(16)21-12-9-15(13-21)18(3,4)5/h7-8,11,14-15,19H,6,9-10,12-13H2,1-5H3. The molecule has 2 heterocycles. The summed E-state index contributed by atoms with van der Waals surface area (Å²) >= 11 is 0. The molecule has 118 valence electrons. The molecule has 0 aromatic carbocycles. The van der Waals surface area contributed by atoms with Gasteiger partial charge in [-0.05, 0) is 43.7 Å². The van der Waals surface area contributed by atoms with E-state index in [4.69, 9.17) is 4.98 Å². The molecule has 0 radical (unpaired) electrons. The fourth-order valence-corrected chi connectivity index (χ4v) is 3.14. The molecule has 1 aliphatic rings. The Balaban J connectivity index is 2.14. The Bertz CT molecular complexity index is 450. The van der Waals surface area contributed by atoms with Crippen LogP contribution >= 0.6 is 0 Å². The number of rotatable bonds is 5. The van der Waals surface area contributed by atoms with Gasteiger partial charge in [0, 0.05) is 30.9 Å². The minimum atomic E-state index is 0.363. The van der Waals surface area contributed by atoms with E-state index in [1.807, 2.05) is 6.20 Å². The van der Waals surface area contributed by atoms with Crippen LogP contribution < -0.4 is 10.2 Å². The molecule has 0 saturated carbocycles.